The van der Waals surface area contributed by atoms with Gasteiger partial charge in [-0.25, -0.2) is 4.99 Å². The minimum absolute atomic E-state index is 0.229. The third kappa shape index (κ3) is 3.25. The predicted molar refractivity (Wildman–Crippen MR) is 56.7 cm³/mol. The second-order valence-corrected chi connectivity index (χ2v) is 3.83. The Labute approximate surface area is 85.6 Å². The molecular weight excluding hydrogens is 176 g/mol. The minimum atomic E-state index is 0.229. The molecule has 1 fully saturated rings. The summed E-state index contributed by atoms with van der Waals surface area (Å²) in [7, 11) is 0. The maximum atomic E-state index is 8.61. The Morgan fingerprint density at radius 3 is 2.50 bits per heavy atom. The Morgan fingerprint density at radius 1 is 1.36 bits per heavy atom. The average molecular weight is 194 g/mol. The van der Waals surface area contributed by atoms with E-state index in [1.807, 2.05) is 20.0 Å². The molecule has 1 aliphatic heterocycles. The molecule has 0 aromatic carbocycles. The van der Waals surface area contributed by atoms with Crippen molar-refractivity contribution >= 4 is 5.96 Å². The van der Waals surface area contributed by atoms with Crippen LogP contribution < -0.4 is 5.32 Å². The van der Waals surface area contributed by atoms with Gasteiger partial charge in [0, 0.05) is 19.1 Å². The Bertz CT molecular complexity index is 233. The van der Waals surface area contributed by atoms with Crippen LogP contribution in [-0.4, -0.2) is 30.0 Å². The number of likely N-dealkylation sites (tertiary alicyclic amines) is 1. The van der Waals surface area contributed by atoms with Crippen LogP contribution in [0.2, 0.25) is 0 Å². The van der Waals surface area contributed by atoms with E-state index in [0.29, 0.717) is 0 Å². The van der Waals surface area contributed by atoms with Crippen molar-refractivity contribution in [1.29, 1.82) is 5.26 Å². The minimum Gasteiger partial charge on any atom is -0.342 e. The van der Waals surface area contributed by atoms with Gasteiger partial charge in [-0.3, -0.25) is 5.32 Å². The van der Waals surface area contributed by atoms with Gasteiger partial charge in [0.05, 0.1) is 0 Å². The van der Waals surface area contributed by atoms with Crippen molar-refractivity contribution < 1.29 is 0 Å². The molecule has 0 aliphatic carbocycles. The lowest BCUT2D eigenvalue weighted by atomic mass is 10.1. The molecule has 1 saturated heterocycles. The number of hydrogen-bond acceptors (Lipinski definition) is 2. The molecule has 0 bridgehead atoms. The van der Waals surface area contributed by atoms with E-state index < -0.39 is 0 Å². The summed E-state index contributed by atoms with van der Waals surface area (Å²) >= 11 is 0. The molecule has 1 rings (SSSR count). The van der Waals surface area contributed by atoms with Crippen molar-refractivity contribution in [1.82, 2.24) is 10.2 Å². The lowest BCUT2D eigenvalue weighted by Crippen LogP contribution is -2.42. The first-order valence-electron chi connectivity index (χ1n) is 5.22. The van der Waals surface area contributed by atoms with Crippen LogP contribution in [-0.2, 0) is 0 Å². The maximum Gasteiger partial charge on any atom is 0.207 e. The number of piperidine rings is 1. The molecule has 0 amide bonds. The molecule has 4 heteroatoms. The highest BCUT2D eigenvalue weighted by Gasteiger charge is 2.14. The number of aliphatic imine (C=N–C) groups is 1. The molecule has 0 saturated carbocycles. The summed E-state index contributed by atoms with van der Waals surface area (Å²) in [5.74, 6) is 0.738. The molecule has 4 nitrogen and oxygen atoms in total. The lowest BCUT2D eigenvalue weighted by molar-refractivity contribution is 0.333. The quantitative estimate of drug-likeness (QED) is 0.296. The van der Waals surface area contributed by atoms with E-state index in [1.54, 1.807) is 0 Å². The van der Waals surface area contributed by atoms with Crippen molar-refractivity contribution in [2.75, 3.05) is 13.1 Å². The molecule has 0 radical (unpaired) electrons. The topological polar surface area (TPSA) is 51.4 Å². The maximum absolute atomic E-state index is 8.61. The zero-order valence-corrected chi connectivity index (χ0v) is 8.95. The Balaban J connectivity index is 2.61. The van der Waals surface area contributed by atoms with E-state index in [4.69, 9.17) is 5.26 Å². The molecule has 0 spiro atoms. The highest BCUT2D eigenvalue weighted by atomic mass is 15.3. The van der Waals surface area contributed by atoms with Crippen LogP contribution in [0.25, 0.3) is 0 Å². The summed E-state index contributed by atoms with van der Waals surface area (Å²) in [6.45, 7) is 6.06. The van der Waals surface area contributed by atoms with Gasteiger partial charge >= 0.3 is 0 Å². The molecule has 1 N–H and O–H groups in total. The summed E-state index contributed by atoms with van der Waals surface area (Å²) in [5, 5.41) is 11.3. The zero-order chi connectivity index (χ0) is 10.4. The van der Waals surface area contributed by atoms with Crippen LogP contribution in [0.3, 0.4) is 0 Å². The summed E-state index contributed by atoms with van der Waals surface area (Å²) in [4.78, 5) is 6.56. The van der Waals surface area contributed by atoms with Gasteiger partial charge in [-0.1, -0.05) is 0 Å². The van der Waals surface area contributed by atoms with E-state index in [-0.39, 0.29) is 6.04 Å². The number of guanidine groups is 1. The summed E-state index contributed by atoms with van der Waals surface area (Å²) in [6, 6.07) is 0.229. The van der Waals surface area contributed by atoms with Gasteiger partial charge in [0.15, 0.2) is 6.19 Å². The Hall–Kier alpha value is -1.24. The Kier molecular flexibility index (Phi) is 4.24. The normalized spacial score (nSPS) is 18.1. The van der Waals surface area contributed by atoms with Crippen molar-refractivity contribution in [2.24, 2.45) is 4.99 Å². The van der Waals surface area contributed by atoms with E-state index in [1.165, 1.54) is 19.3 Å². The van der Waals surface area contributed by atoms with Crippen molar-refractivity contribution in [3.8, 4) is 6.19 Å². The summed E-state index contributed by atoms with van der Waals surface area (Å²) < 4.78 is 0. The van der Waals surface area contributed by atoms with Gasteiger partial charge in [0.2, 0.25) is 5.96 Å². The Morgan fingerprint density at radius 2 is 2.00 bits per heavy atom. The monoisotopic (exact) mass is 194 g/mol. The highest BCUT2D eigenvalue weighted by Crippen LogP contribution is 2.08. The molecule has 0 atom stereocenters. The molecule has 0 unspecified atom stereocenters. The standard InChI is InChI=1S/C10H18N4/c1-9(2)13-10(12-8-11)14-6-4-3-5-7-14/h9H,3-7H2,1-2H3,(H,12,13). The van der Waals surface area contributed by atoms with Crippen LogP contribution in [0.5, 0.6) is 0 Å². The van der Waals surface area contributed by atoms with Crippen molar-refractivity contribution in [2.45, 2.75) is 39.2 Å². The van der Waals surface area contributed by atoms with Crippen molar-refractivity contribution in [3.63, 3.8) is 0 Å². The number of rotatable bonds is 1. The first-order valence-corrected chi connectivity index (χ1v) is 5.22. The second-order valence-electron chi connectivity index (χ2n) is 3.83. The third-order valence-corrected chi connectivity index (χ3v) is 2.20. The zero-order valence-electron chi connectivity index (χ0n) is 8.95. The lowest BCUT2D eigenvalue weighted by Gasteiger charge is -2.28. The van der Waals surface area contributed by atoms with Gasteiger partial charge in [0.25, 0.3) is 0 Å². The molecule has 0 aromatic heterocycles. The first-order chi connectivity index (χ1) is 6.74. The average Bonchev–Trinajstić information content (AvgIpc) is 2.18. The SMILES string of the molecule is CC(C)N=C(NC#N)N1CCCCC1. The molecular formula is C10H18N4. The first kappa shape index (κ1) is 10.8. The number of nitriles is 1. The van der Waals surface area contributed by atoms with Gasteiger partial charge in [-0.2, -0.15) is 5.26 Å². The summed E-state index contributed by atoms with van der Waals surface area (Å²) in [6.07, 6.45) is 5.63. The van der Waals surface area contributed by atoms with Gasteiger partial charge in [-0.15, -0.1) is 0 Å². The molecule has 1 aliphatic rings. The fourth-order valence-corrected chi connectivity index (χ4v) is 1.59. The van der Waals surface area contributed by atoms with E-state index >= 15 is 0 Å². The van der Waals surface area contributed by atoms with Crippen LogP contribution in [0.1, 0.15) is 33.1 Å². The van der Waals surface area contributed by atoms with Gasteiger partial charge in [-0.05, 0) is 33.1 Å². The van der Waals surface area contributed by atoms with E-state index in [0.717, 1.165) is 19.0 Å². The molecule has 1 heterocycles. The molecule has 14 heavy (non-hydrogen) atoms. The predicted octanol–water partition coefficient (Wildman–Crippen LogP) is 1.31. The van der Waals surface area contributed by atoms with Crippen LogP contribution in [0.15, 0.2) is 4.99 Å². The molecule has 78 valence electrons. The van der Waals surface area contributed by atoms with Gasteiger partial charge in [0.1, 0.15) is 0 Å². The summed E-state index contributed by atoms with van der Waals surface area (Å²) in [5.41, 5.74) is 0. The van der Waals surface area contributed by atoms with Gasteiger partial charge < -0.3 is 4.90 Å². The fraction of sp³-hybridized carbons (Fsp3) is 0.800. The number of nitrogens with zero attached hydrogens (tertiary/aromatic N) is 3. The largest absolute Gasteiger partial charge is 0.342 e. The van der Waals surface area contributed by atoms with E-state index in [2.05, 4.69) is 15.2 Å². The van der Waals surface area contributed by atoms with E-state index in [9.17, 15) is 0 Å². The second kappa shape index (κ2) is 5.48. The van der Waals surface area contributed by atoms with Crippen LogP contribution in [0.4, 0.5) is 0 Å². The van der Waals surface area contributed by atoms with Crippen LogP contribution in [0, 0.1) is 11.5 Å². The van der Waals surface area contributed by atoms with Crippen molar-refractivity contribution in [3.05, 3.63) is 0 Å². The highest BCUT2D eigenvalue weighted by molar-refractivity contribution is 5.81. The fourth-order valence-electron chi connectivity index (χ4n) is 1.59. The smallest absolute Gasteiger partial charge is 0.207 e. The number of hydrogen-bond donors (Lipinski definition) is 1. The third-order valence-electron chi connectivity index (χ3n) is 2.20. The molecule has 0 aromatic rings. The van der Waals surface area contributed by atoms with Crippen LogP contribution >= 0.6 is 0 Å². The number of nitrogens with one attached hydrogen (secondary N) is 1.